The molecule has 1 N–H and O–H groups in total. The molecule has 3 aromatic rings. The quantitative estimate of drug-likeness (QED) is 0.725. The summed E-state index contributed by atoms with van der Waals surface area (Å²) in [5.41, 5.74) is 0.428. The third-order valence-electron chi connectivity index (χ3n) is 2.89. The van der Waals surface area contributed by atoms with Crippen LogP contribution in [0.25, 0.3) is 11.0 Å². The summed E-state index contributed by atoms with van der Waals surface area (Å²) in [4.78, 5) is 12.0. The van der Waals surface area contributed by atoms with Crippen molar-refractivity contribution in [1.29, 1.82) is 0 Å². The van der Waals surface area contributed by atoms with E-state index in [0.29, 0.717) is 11.6 Å². The van der Waals surface area contributed by atoms with Crippen LogP contribution in [0.1, 0.15) is 10.6 Å². The summed E-state index contributed by atoms with van der Waals surface area (Å²) >= 11 is 3.30. The standard InChI is InChI=1S/C15H8BrF2NO2/c16-9-2-1-8-5-14(21-13(8)6-9)15(20)19-12-4-3-10(17)7-11(12)18/h1-7H,(H,19,20). The second kappa shape index (κ2) is 5.29. The van der Waals surface area contributed by atoms with Gasteiger partial charge < -0.3 is 9.73 Å². The molecule has 0 unspecified atom stereocenters. The van der Waals surface area contributed by atoms with Crippen LogP contribution < -0.4 is 5.32 Å². The topological polar surface area (TPSA) is 42.2 Å². The van der Waals surface area contributed by atoms with Crippen LogP contribution in [0.3, 0.4) is 0 Å². The Kier molecular flexibility index (Phi) is 3.47. The molecular formula is C15H8BrF2NO2. The van der Waals surface area contributed by atoms with E-state index in [9.17, 15) is 13.6 Å². The summed E-state index contributed by atoms with van der Waals surface area (Å²) in [6.45, 7) is 0. The summed E-state index contributed by atoms with van der Waals surface area (Å²) in [7, 11) is 0. The smallest absolute Gasteiger partial charge is 0.291 e. The minimum absolute atomic E-state index is 0.0480. The lowest BCUT2D eigenvalue weighted by molar-refractivity contribution is 0.0998. The fourth-order valence-electron chi connectivity index (χ4n) is 1.89. The van der Waals surface area contributed by atoms with E-state index < -0.39 is 17.5 Å². The number of hydrogen-bond acceptors (Lipinski definition) is 2. The van der Waals surface area contributed by atoms with Crippen molar-refractivity contribution in [1.82, 2.24) is 0 Å². The predicted octanol–water partition coefficient (Wildman–Crippen LogP) is 4.73. The molecule has 0 fully saturated rings. The normalized spacial score (nSPS) is 10.8. The number of nitrogens with one attached hydrogen (secondary N) is 1. The van der Waals surface area contributed by atoms with Crippen LogP contribution in [-0.4, -0.2) is 5.91 Å². The predicted molar refractivity (Wildman–Crippen MR) is 78.2 cm³/mol. The van der Waals surface area contributed by atoms with Crippen LogP contribution in [0.15, 0.2) is 51.4 Å². The zero-order valence-corrected chi connectivity index (χ0v) is 12.1. The lowest BCUT2D eigenvalue weighted by Gasteiger charge is -2.04. The Morgan fingerprint density at radius 3 is 2.67 bits per heavy atom. The average Bonchev–Trinajstić information content (AvgIpc) is 2.85. The van der Waals surface area contributed by atoms with Crippen LogP contribution in [-0.2, 0) is 0 Å². The maximum atomic E-state index is 13.5. The van der Waals surface area contributed by atoms with Gasteiger partial charge in [-0.25, -0.2) is 8.78 Å². The Labute approximate surface area is 126 Å². The molecule has 0 aliphatic rings. The van der Waals surface area contributed by atoms with Gasteiger partial charge in [0.1, 0.15) is 17.2 Å². The molecular weight excluding hydrogens is 344 g/mol. The van der Waals surface area contributed by atoms with Gasteiger partial charge in [0.05, 0.1) is 5.69 Å². The number of benzene rings is 2. The van der Waals surface area contributed by atoms with E-state index in [1.807, 2.05) is 6.07 Å². The molecule has 1 amide bonds. The van der Waals surface area contributed by atoms with Crippen molar-refractivity contribution in [2.45, 2.75) is 0 Å². The number of anilines is 1. The van der Waals surface area contributed by atoms with E-state index in [1.54, 1.807) is 18.2 Å². The largest absolute Gasteiger partial charge is 0.451 e. The number of rotatable bonds is 2. The summed E-state index contributed by atoms with van der Waals surface area (Å²) in [5, 5.41) is 3.10. The molecule has 3 rings (SSSR count). The van der Waals surface area contributed by atoms with Crippen molar-refractivity contribution in [2.75, 3.05) is 5.32 Å². The minimum atomic E-state index is -0.845. The molecule has 1 aromatic heterocycles. The molecule has 21 heavy (non-hydrogen) atoms. The van der Waals surface area contributed by atoms with E-state index in [-0.39, 0.29) is 11.4 Å². The van der Waals surface area contributed by atoms with Gasteiger partial charge >= 0.3 is 0 Å². The average molecular weight is 352 g/mol. The van der Waals surface area contributed by atoms with Gasteiger partial charge in [0.2, 0.25) is 0 Å². The molecule has 106 valence electrons. The van der Waals surface area contributed by atoms with Crippen molar-refractivity contribution in [2.24, 2.45) is 0 Å². The Morgan fingerprint density at radius 1 is 1.10 bits per heavy atom. The van der Waals surface area contributed by atoms with Crippen molar-refractivity contribution in [3.05, 3.63) is 64.3 Å². The zero-order valence-electron chi connectivity index (χ0n) is 10.5. The highest BCUT2D eigenvalue weighted by atomic mass is 79.9. The number of carbonyl (C=O) groups is 1. The number of hydrogen-bond donors (Lipinski definition) is 1. The maximum absolute atomic E-state index is 13.5. The molecule has 0 radical (unpaired) electrons. The summed E-state index contributed by atoms with van der Waals surface area (Å²) in [6.07, 6.45) is 0. The van der Waals surface area contributed by atoms with Crippen molar-refractivity contribution < 1.29 is 18.0 Å². The summed E-state index contributed by atoms with van der Waals surface area (Å²) < 4.78 is 32.5. The molecule has 0 atom stereocenters. The maximum Gasteiger partial charge on any atom is 0.291 e. The highest BCUT2D eigenvalue weighted by molar-refractivity contribution is 9.10. The van der Waals surface area contributed by atoms with Crippen molar-refractivity contribution in [3.63, 3.8) is 0 Å². The Morgan fingerprint density at radius 2 is 1.90 bits per heavy atom. The molecule has 0 saturated carbocycles. The number of carbonyl (C=O) groups excluding carboxylic acids is 1. The van der Waals surface area contributed by atoms with Crippen LogP contribution in [0.2, 0.25) is 0 Å². The van der Waals surface area contributed by atoms with Crippen molar-refractivity contribution in [3.8, 4) is 0 Å². The molecule has 0 spiro atoms. The van der Waals surface area contributed by atoms with E-state index in [4.69, 9.17) is 4.42 Å². The Bertz CT molecular complexity index is 845. The van der Waals surface area contributed by atoms with Gasteiger partial charge in [0, 0.05) is 15.9 Å². The molecule has 0 aliphatic carbocycles. The number of fused-ring (bicyclic) bond motifs is 1. The molecule has 3 nitrogen and oxygen atoms in total. The highest BCUT2D eigenvalue weighted by Gasteiger charge is 2.14. The molecule has 2 aromatic carbocycles. The van der Waals surface area contributed by atoms with Gasteiger partial charge in [0.15, 0.2) is 5.76 Å². The monoisotopic (exact) mass is 351 g/mol. The third-order valence-corrected chi connectivity index (χ3v) is 3.38. The molecule has 1 heterocycles. The van der Waals surface area contributed by atoms with Crippen LogP contribution >= 0.6 is 15.9 Å². The van der Waals surface area contributed by atoms with E-state index >= 15 is 0 Å². The lowest BCUT2D eigenvalue weighted by Crippen LogP contribution is -2.12. The van der Waals surface area contributed by atoms with E-state index in [1.165, 1.54) is 0 Å². The van der Waals surface area contributed by atoms with E-state index in [0.717, 1.165) is 22.0 Å². The van der Waals surface area contributed by atoms with Gasteiger partial charge in [-0.15, -0.1) is 0 Å². The molecule has 0 saturated heterocycles. The number of amides is 1. The summed E-state index contributed by atoms with van der Waals surface area (Å²) in [6, 6.07) is 9.81. The Hall–Kier alpha value is -2.21. The zero-order chi connectivity index (χ0) is 15.0. The lowest BCUT2D eigenvalue weighted by atomic mass is 10.2. The molecule has 0 bridgehead atoms. The first-order valence-electron chi connectivity index (χ1n) is 5.98. The summed E-state index contributed by atoms with van der Waals surface area (Å²) in [5.74, 6) is -2.11. The van der Waals surface area contributed by atoms with Crippen LogP contribution in [0, 0.1) is 11.6 Å². The van der Waals surface area contributed by atoms with Gasteiger partial charge in [0.25, 0.3) is 5.91 Å². The first kappa shape index (κ1) is 13.8. The molecule has 0 aliphatic heterocycles. The van der Waals surface area contributed by atoms with Gasteiger partial charge in [-0.2, -0.15) is 0 Å². The minimum Gasteiger partial charge on any atom is -0.451 e. The van der Waals surface area contributed by atoms with Crippen LogP contribution in [0.5, 0.6) is 0 Å². The third kappa shape index (κ3) is 2.80. The Balaban J connectivity index is 1.89. The second-order valence-corrected chi connectivity index (χ2v) is 5.29. The first-order valence-corrected chi connectivity index (χ1v) is 6.78. The number of furan rings is 1. The second-order valence-electron chi connectivity index (χ2n) is 4.37. The van der Waals surface area contributed by atoms with Crippen LogP contribution in [0.4, 0.5) is 14.5 Å². The van der Waals surface area contributed by atoms with Gasteiger partial charge in [-0.05, 0) is 36.4 Å². The highest BCUT2D eigenvalue weighted by Crippen LogP contribution is 2.24. The molecule has 6 heteroatoms. The van der Waals surface area contributed by atoms with Gasteiger partial charge in [-0.3, -0.25) is 4.79 Å². The fraction of sp³-hybridized carbons (Fsp3) is 0. The van der Waals surface area contributed by atoms with Crippen molar-refractivity contribution >= 4 is 38.5 Å². The van der Waals surface area contributed by atoms with E-state index in [2.05, 4.69) is 21.2 Å². The fourth-order valence-corrected chi connectivity index (χ4v) is 2.23. The van der Waals surface area contributed by atoms with Gasteiger partial charge in [-0.1, -0.05) is 15.9 Å². The first-order chi connectivity index (χ1) is 10.0. The SMILES string of the molecule is O=C(Nc1ccc(F)cc1F)c1cc2ccc(Br)cc2o1. The number of halogens is 3.